The monoisotopic (exact) mass is 294 g/mol. The first-order chi connectivity index (χ1) is 10.0. The Morgan fingerprint density at radius 1 is 1.52 bits per heavy atom. The predicted molar refractivity (Wildman–Crippen MR) is 74.4 cm³/mol. The molecule has 0 aliphatic carbocycles. The lowest BCUT2D eigenvalue weighted by atomic mass is 9.96. The number of hydrogen-bond donors (Lipinski definition) is 3. The quantitative estimate of drug-likeness (QED) is 0.709. The third-order valence-corrected chi connectivity index (χ3v) is 4.15. The summed E-state index contributed by atoms with van der Waals surface area (Å²) in [5, 5.41) is 20.4. The number of aliphatic hydroxyl groups excluding tert-OH is 2. The van der Waals surface area contributed by atoms with E-state index in [1.807, 2.05) is 0 Å². The van der Waals surface area contributed by atoms with Gasteiger partial charge < -0.3 is 30.0 Å². The largest absolute Gasteiger partial charge is 0.394 e. The number of ether oxygens (including phenoxy) is 2. The smallest absolute Gasteiger partial charge is 0.167 e. The molecule has 8 nitrogen and oxygen atoms in total. The van der Waals surface area contributed by atoms with Crippen molar-refractivity contribution < 1.29 is 19.7 Å². The van der Waals surface area contributed by atoms with Gasteiger partial charge in [-0.15, -0.1) is 0 Å². The highest BCUT2D eigenvalue weighted by Crippen LogP contribution is 2.42. The molecular weight excluding hydrogens is 276 g/mol. The second-order valence-corrected chi connectivity index (χ2v) is 5.26. The maximum Gasteiger partial charge on any atom is 0.167 e. The van der Waals surface area contributed by atoms with Crippen molar-refractivity contribution in [2.45, 2.75) is 31.0 Å². The van der Waals surface area contributed by atoms with Crippen molar-refractivity contribution in [3.8, 4) is 0 Å². The van der Waals surface area contributed by atoms with Crippen molar-refractivity contribution in [3.05, 3.63) is 18.6 Å². The van der Waals surface area contributed by atoms with Crippen LogP contribution >= 0.6 is 0 Å². The van der Waals surface area contributed by atoms with Gasteiger partial charge in [-0.3, -0.25) is 0 Å². The van der Waals surface area contributed by atoms with Crippen molar-refractivity contribution >= 4 is 16.9 Å². The van der Waals surface area contributed by atoms with Gasteiger partial charge in [0, 0.05) is 13.3 Å². The molecule has 0 saturated carbocycles. The van der Waals surface area contributed by atoms with E-state index in [4.69, 9.17) is 15.2 Å². The fourth-order valence-electron chi connectivity index (χ4n) is 2.78. The van der Waals surface area contributed by atoms with Gasteiger partial charge in [-0.25, -0.2) is 9.97 Å². The molecule has 2 aromatic heterocycles. The number of aliphatic hydroxyl groups is 2. The van der Waals surface area contributed by atoms with Crippen LogP contribution in [-0.2, 0) is 9.47 Å². The molecule has 1 fully saturated rings. The van der Waals surface area contributed by atoms with E-state index >= 15 is 0 Å². The molecule has 8 heteroatoms. The highest BCUT2D eigenvalue weighted by Gasteiger charge is 2.54. The SMILES string of the molecule is CO[C@]1(C)C(O)C(CO)O[C@H]1n1ccc2c(N)ncnc21. The summed E-state index contributed by atoms with van der Waals surface area (Å²) in [6.45, 7) is 1.43. The van der Waals surface area contributed by atoms with Gasteiger partial charge in [0.1, 0.15) is 35.6 Å². The first-order valence-electron chi connectivity index (χ1n) is 6.59. The van der Waals surface area contributed by atoms with Gasteiger partial charge in [0.2, 0.25) is 0 Å². The van der Waals surface area contributed by atoms with Crippen LogP contribution in [0.4, 0.5) is 5.82 Å². The number of fused-ring (bicyclic) bond motifs is 1. The molecule has 3 heterocycles. The number of aromatic nitrogens is 3. The number of nitrogens with zero attached hydrogens (tertiary/aromatic N) is 3. The predicted octanol–water partition coefficient (Wildman–Crippen LogP) is -0.331. The molecule has 0 amide bonds. The van der Waals surface area contributed by atoms with Gasteiger partial charge in [0.05, 0.1) is 12.0 Å². The number of nitrogen functional groups attached to an aromatic ring is 1. The number of anilines is 1. The maximum absolute atomic E-state index is 10.3. The van der Waals surface area contributed by atoms with Crippen LogP contribution in [-0.4, -0.2) is 56.3 Å². The Bertz CT molecular complexity index is 661. The lowest BCUT2D eigenvalue weighted by Crippen LogP contribution is -2.46. The zero-order chi connectivity index (χ0) is 15.2. The molecule has 0 radical (unpaired) electrons. The Kier molecular flexibility index (Phi) is 3.33. The summed E-state index contributed by atoms with van der Waals surface area (Å²) in [5.41, 5.74) is 5.39. The highest BCUT2D eigenvalue weighted by molar-refractivity contribution is 5.86. The fraction of sp³-hybridized carbons (Fsp3) is 0.538. The lowest BCUT2D eigenvalue weighted by Gasteiger charge is -2.31. The Balaban J connectivity index is 2.11. The van der Waals surface area contributed by atoms with Gasteiger partial charge in [0.15, 0.2) is 6.23 Å². The van der Waals surface area contributed by atoms with Gasteiger partial charge in [-0.1, -0.05) is 0 Å². The van der Waals surface area contributed by atoms with Gasteiger partial charge in [0.25, 0.3) is 0 Å². The Morgan fingerprint density at radius 3 is 2.95 bits per heavy atom. The summed E-state index contributed by atoms with van der Waals surface area (Å²) in [6.07, 6.45) is 0.796. The van der Waals surface area contributed by atoms with Crippen molar-refractivity contribution in [3.63, 3.8) is 0 Å². The normalized spacial score (nSPS) is 32.9. The van der Waals surface area contributed by atoms with E-state index in [0.29, 0.717) is 16.9 Å². The number of nitrogens with two attached hydrogens (primary N) is 1. The minimum atomic E-state index is -1.01. The van der Waals surface area contributed by atoms with Gasteiger partial charge in [-0.05, 0) is 13.0 Å². The van der Waals surface area contributed by atoms with E-state index < -0.39 is 24.0 Å². The topological polar surface area (TPSA) is 116 Å². The average Bonchev–Trinajstić information content (AvgIpc) is 3.01. The summed E-state index contributed by atoms with van der Waals surface area (Å²) in [4.78, 5) is 8.16. The van der Waals surface area contributed by atoms with Crippen molar-refractivity contribution in [1.82, 2.24) is 14.5 Å². The third-order valence-electron chi connectivity index (χ3n) is 4.15. The lowest BCUT2D eigenvalue weighted by molar-refractivity contribution is -0.118. The average molecular weight is 294 g/mol. The molecule has 1 aliphatic rings. The molecule has 1 saturated heterocycles. The first-order valence-corrected chi connectivity index (χ1v) is 6.59. The zero-order valence-corrected chi connectivity index (χ0v) is 11.8. The Labute approximate surface area is 121 Å². The van der Waals surface area contributed by atoms with Gasteiger partial charge >= 0.3 is 0 Å². The second-order valence-electron chi connectivity index (χ2n) is 5.26. The standard InChI is InChI=1S/C13H18N4O4/c1-13(20-2)9(19)8(5-18)21-12(13)17-4-3-7-10(14)15-6-16-11(7)17/h3-4,6,8-9,12,18-19H,5H2,1-2H3,(H2,14,15,16)/t8?,9?,12-,13-/m1/s1. The van der Waals surface area contributed by atoms with Crippen LogP contribution in [0.25, 0.3) is 11.0 Å². The van der Waals surface area contributed by atoms with E-state index in [-0.39, 0.29) is 6.61 Å². The van der Waals surface area contributed by atoms with E-state index in [2.05, 4.69) is 9.97 Å². The summed E-state index contributed by atoms with van der Waals surface area (Å²) < 4.78 is 13.0. The van der Waals surface area contributed by atoms with E-state index in [0.717, 1.165) is 0 Å². The van der Waals surface area contributed by atoms with Crippen LogP contribution in [0.3, 0.4) is 0 Å². The summed E-state index contributed by atoms with van der Waals surface area (Å²) in [6, 6.07) is 1.78. The fourth-order valence-corrected chi connectivity index (χ4v) is 2.78. The molecule has 2 unspecified atom stereocenters. The summed E-state index contributed by atoms with van der Waals surface area (Å²) >= 11 is 0. The Hall–Kier alpha value is -1.74. The molecule has 1 aliphatic heterocycles. The summed E-state index contributed by atoms with van der Waals surface area (Å²) in [7, 11) is 1.49. The minimum absolute atomic E-state index is 0.299. The van der Waals surface area contributed by atoms with Crippen LogP contribution in [0.2, 0.25) is 0 Å². The molecular formula is C13H18N4O4. The molecule has 114 valence electrons. The van der Waals surface area contributed by atoms with Crippen molar-refractivity contribution in [1.29, 1.82) is 0 Å². The molecule has 2 aromatic rings. The second kappa shape index (κ2) is 4.92. The first kappa shape index (κ1) is 14.2. The number of hydrogen-bond acceptors (Lipinski definition) is 7. The molecule has 4 N–H and O–H groups in total. The number of rotatable bonds is 3. The molecule has 4 atom stereocenters. The van der Waals surface area contributed by atoms with Crippen LogP contribution in [0.1, 0.15) is 13.2 Å². The van der Waals surface area contributed by atoms with E-state index in [9.17, 15) is 10.2 Å². The molecule has 3 rings (SSSR count). The van der Waals surface area contributed by atoms with Crippen molar-refractivity contribution in [2.24, 2.45) is 0 Å². The highest BCUT2D eigenvalue weighted by atomic mass is 16.6. The van der Waals surface area contributed by atoms with Crippen LogP contribution in [0.15, 0.2) is 18.6 Å². The third kappa shape index (κ3) is 1.91. The van der Waals surface area contributed by atoms with E-state index in [1.165, 1.54) is 13.4 Å². The van der Waals surface area contributed by atoms with Gasteiger partial charge in [-0.2, -0.15) is 0 Å². The maximum atomic E-state index is 10.3. The number of methoxy groups -OCH3 is 1. The van der Waals surface area contributed by atoms with Crippen LogP contribution < -0.4 is 5.73 Å². The van der Waals surface area contributed by atoms with Crippen molar-refractivity contribution in [2.75, 3.05) is 19.5 Å². The Morgan fingerprint density at radius 2 is 2.29 bits per heavy atom. The van der Waals surface area contributed by atoms with E-state index in [1.54, 1.807) is 23.8 Å². The van der Waals surface area contributed by atoms with Crippen LogP contribution in [0, 0.1) is 0 Å². The molecule has 0 bridgehead atoms. The molecule has 0 spiro atoms. The molecule has 21 heavy (non-hydrogen) atoms. The summed E-state index contributed by atoms with van der Waals surface area (Å²) in [5.74, 6) is 0.370. The zero-order valence-electron chi connectivity index (χ0n) is 11.8. The van der Waals surface area contributed by atoms with Crippen LogP contribution in [0.5, 0.6) is 0 Å². The molecule has 0 aromatic carbocycles. The minimum Gasteiger partial charge on any atom is -0.394 e.